The first-order chi connectivity index (χ1) is 12.6. The third kappa shape index (κ3) is 3.16. The number of amides is 1. The van der Waals surface area contributed by atoms with Crippen LogP contribution in [-0.2, 0) is 4.74 Å². The number of rotatable bonds is 3. The molecular weight excluding hydrogens is 378 g/mol. The molecular formula is C16H14ClN5O3S. The molecule has 1 N–H and O–H groups in total. The molecule has 1 aliphatic rings. The maximum atomic E-state index is 12.7. The van der Waals surface area contributed by atoms with Crippen molar-refractivity contribution in [3.8, 4) is 0 Å². The second kappa shape index (κ2) is 7.02. The second-order valence-electron chi connectivity index (χ2n) is 5.59. The van der Waals surface area contributed by atoms with E-state index in [9.17, 15) is 9.59 Å². The number of hydrogen-bond acceptors (Lipinski definition) is 7. The van der Waals surface area contributed by atoms with Crippen molar-refractivity contribution in [1.29, 1.82) is 0 Å². The number of carbonyl (C=O) groups is 1. The van der Waals surface area contributed by atoms with Gasteiger partial charge in [0.2, 0.25) is 10.1 Å². The van der Waals surface area contributed by atoms with Crippen molar-refractivity contribution in [2.75, 3.05) is 36.5 Å². The first kappa shape index (κ1) is 17.0. The van der Waals surface area contributed by atoms with Gasteiger partial charge in [0.25, 0.3) is 11.5 Å². The predicted molar refractivity (Wildman–Crippen MR) is 99.6 cm³/mol. The molecule has 10 heteroatoms. The Bertz CT molecular complexity index is 1030. The van der Waals surface area contributed by atoms with Crippen LogP contribution in [0, 0.1) is 0 Å². The van der Waals surface area contributed by atoms with Gasteiger partial charge < -0.3 is 15.0 Å². The Morgan fingerprint density at radius 2 is 2.04 bits per heavy atom. The fourth-order valence-electron chi connectivity index (χ4n) is 2.57. The standard InChI is InChI=1S/C16H14ClN5O3S/c17-11-3-1-2-4-12(11)19-13(23)10-9-18-15-22(14(10)24)20-16(26-15)21-5-7-25-8-6-21/h1-4,9H,5-8H2,(H,19,23). The Morgan fingerprint density at radius 3 is 2.81 bits per heavy atom. The van der Waals surface area contributed by atoms with Crippen LogP contribution in [0.1, 0.15) is 10.4 Å². The number of halogens is 1. The van der Waals surface area contributed by atoms with E-state index in [0.717, 1.165) is 4.52 Å². The smallest absolute Gasteiger partial charge is 0.288 e. The molecule has 1 saturated heterocycles. The summed E-state index contributed by atoms with van der Waals surface area (Å²) in [6.45, 7) is 2.64. The summed E-state index contributed by atoms with van der Waals surface area (Å²) in [5.74, 6) is -0.578. The Balaban J connectivity index is 1.66. The van der Waals surface area contributed by atoms with E-state index in [4.69, 9.17) is 16.3 Å². The molecule has 3 aromatic rings. The van der Waals surface area contributed by atoms with E-state index in [1.807, 2.05) is 4.90 Å². The van der Waals surface area contributed by atoms with Gasteiger partial charge in [-0.25, -0.2) is 4.98 Å². The molecule has 4 rings (SSSR count). The monoisotopic (exact) mass is 391 g/mol. The minimum atomic E-state index is -0.578. The van der Waals surface area contributed by atoms with Crippen molar-refractivity contribution in [2.45, 2.75) is 0 Å². The van der Waals surface area contributed by atoms with E-state index >= 15 is 0 Å². The number of morpholine rings is 1. The maximum Gasteiger partial charge on any atom is 0.288 e. The van der Waals surface area contributed by atoms with E-state index < -0.39 is 11.5 Å². The lowest BCUT2D eigenvalue weighted by molar-refractivity contribution is 0.102. The van der Waals surface area contributed by atoms with Crippen LogP contribution in [0.2, 0.25) is 5.02 Å². The normalized spacial score (nSPS) is 14.6. The molecule has 1 fully saturated rings. The fourth-order valence-corrected chi connectivity index (χ4v) is 3.66. The van der Waals surface area contributed by atoms with Crippen LogP contribution in [0.5, 0.6) is 0 Å². The molecule has 0 saturated carbocycles. The number of ether oxygens (including phenoxy) is 1. The average Bonchev–Trinajstić information content (AvgIpc) is 3.10. The summed E-state index contributed by atoms with van der Waals surface area (Å²) < 4.78 is 6.49. The lowest BCUT2D eigenvalue weighted by Gasteiger charge is -2.25. The summed E-state index contributed by atoms with van der Waals surface area (Å²) in [7, 11) is 0. The highest BCUT2D eigenvalue weighted by Gasteiger charge is 2.20. The van der Waals surface area contributed by atoms with Gasteiger partial charge in [-0.15, -0.1) is 5.10 Å². The molecule has 0 atom stereocenters. The van der Waals surface area contributed by atoms with Crippen LogP contribution in [0.15, 0.2) is 35.3 Å². The predicted octanol–water partition coefficient (Wildman–Crippen LogP) is 1.89. The minimum Gasteiger partial charge on any atom is -0.378 e. The molecule has 26 heavy (non-hydrogen) atoms. The number of nitrogens with one attached hydrogen (secondary N) is 1. The molecule has 0 unspecified atom stereocenters. The van der Waals surface area contributed by atoms with Crippen molar-refractivity contribution in [1.82, 2.24) is 14.6 Å². The van der Waals surface area contributed by atoms with Gasteiger partial charge in [-0.2, -0.15) is 4.52 Å². The number of anilines is 2. The van der Waals surface area contributed by atoms with E-state index in [1.54, 1.807) is 24.3 Å². The van der Waals surface area contributed by atoms with E-state index in [-0.39, 0.29) is 5.56 Å². The largest absolute Gasteiger partial charge is 0.378 e. The summed E-state index contributed by atoms with van der Waals surface area (Å²) in [5.41, 5.74) is -0.187. The zero-order valence-electron chi connectivity index (χ0n) is 13.5. The van der Waals surface area contributed by atoms with Crippen molar-refractivity contribution in [3.05, 3.63) is 51.4 Å². The van der Waals surface area contributed by atoms with Crippen molar-refractivity contribution in [2.24, 2.45) is 0 Å². The summed E-state index contributed by atoms with van der Waals surface area (Å²) in [4.78, 5) is 31.8. The van der Waals surface area contributed by atoms with Gasteiger partial charge in [0.05, 0.1) is 23.9 Å². The van der Waals surface area contributed by atoms with Crippen LogP contribution in [0.25, 0.3) is 4.96 Å². The van der Waals surface area contributed by atoms with Gasteiger partial charge in [-0.3, -0.25) is 9.59 Å². The lowest BCUT2D eigenvalue weighted by Crippen LogP contribution is -2.36. The molecule has 3 heterocycles. The second-order valence-corrected chi connectivity index (χ2v) is 6.93. The molecule has 1 aromatic carbocycles. The van der Waals surface area contributed by atoms with Gasteiger partial charge in [-0.1, -0.05) is 35.1 Å². The number of benzene rings is 1. The Hall–Kier alpha value is -2.49. The SMILES string of the molecule is O=C(Nc1ccccc1Cl)c1cnc2sc(N3CCOCC3)nn2c1=O. The zero-order chi connectivity index (χ0) is 18.1. The van der Waals surface area contributed by atoms with Crippen molar-refractivity contribution < 1.29 is 9.53 Å². The number of aromatic nitrogens is 3. The van der Waals surface area contributed by atoms with Gasteiger partial charge >= 0.3 is 0 Å². The maximum absolute atomic E-state index is 12.7. The Kier molecular flexibility index (Phi) is 4.58. The zero-order valence-corrected chi connectivity index (χ0v) is 15.1. The first-order valence-electron chi connectivity index (χ1n) is 7.91. The Morgan fingerprint density at radius 1 is 1.27 bits per heavy atom. The topological polar surface area (TPSA) is 88.8 Å². The number of carbonyl (C=O) groups excluding carboxylic acids is 1. The lowest BCUT2D eigenvalue weighted by atomic mass is 10.2. The average molecular weight is 392 g/mol. The molecule has 0 spiro atoms. The Labute approximate surface area is 157 Å². The number of para-hydroxylation sites is 1. The fraction of sp³-hybridized carbons (Fsp3) is 0.250. The quantitative estimate of drug-likeness (QED) is 0.733. The van der Waals surface area contributed by atoms with Crippen molar-refractivity contribution >= 4 is 44.6 Å². The third-order valence-corrected chi connectivity index (χ3v) is 5.24. The number of fused-ring (bicyclic) bond motifs is 1. The summed E-state index contributed by atoms with van der Waals surface area (Å²) in [6, 6.07) is 6.80. The van der Waals surface area contributed by atoms with Gasteiger partial charge in [-0.05, 0) is 12.1 Å². The molecule has 134 valence electrons. The highest BCUT2D eigenvalue weighted by molar-refractivity contribution is 7.20. The van der Waals surface area contributed by atoms with Crippen LogP contribution in [0.4, 0.5) is 10.8 Å². The van der Waals surface area contributed by atoms with Crippen LogP contribution < -0.4 is 15.8 Å². The number of hydrogen-bond donors (Lipinski definition) is 1. The van der Waals surface area contributed by atoms with Gasteiger partial charge in [0.15, 0.2) is 0 Å². The summed E-state index contributed by atoms with van der Waals surface area (Å²) >= 11 is 7.34. The first-order valence-corrected chi connectivity index (χ1v) is 9.10. The summed E-state index contributed by atoms with van der Waals surface area (Å²) in [6.07, 6.45) is 1.27. The van der Waals surface area contributed by atoms with Gasteiger partial charge in [0, 0.05) is 19.3 Å². The highest BCUT2D eigenvalue weighted by atomic mass is 35.5. The molecule has 8 nitrogen and oxygen atoms in total. The van der Waals surface area contributed by atoms with Crippen molar-refractivity contribution in [3.63, 3.8) is 0 Å². The minimum absolute atomic E-state index is 0.0961. The van der Waals surface area contributed by atoms with E-state index in [2.05, 4.69) is 15.4 Å². The molecule has 2 aromatic heterocycles. The summed E-state index contributed by atoms with van der Waals surface area (Å²) in [5, 5.41) is 8.02. The van der Waals surface area contributed by atoms with Crippen LogP contribution in [0.3, 0.4) is 0 Å². The van der Waals surface area contributed by atoms with Gasteiger partial charge in [0.1, 0.15) is 5.56 Å². The third-order valence-electron chi connectivity index (χ3n) is 3.92. The number of nitrogens with zero attached hydrogens (tertiary/aromatic N) is 4. The molecule has 0 bridgehead atoms. The molecule has 0 aliphatic carbocycles. The van der Waals surface area contributed by atoms with E-state index in [1.165, 1.54) is 17.5 Å². The molecule has 1 amide bonds. The highest BCUT2D eigenvalue weighted by Crippen LogP contribution is 2.23. The molecule has 1 aliphatic heterocycles. The van der Waals surface area contributed by atoms with Crippen LogP contribution in [-0.4, -0.2) is 46.8 Å². The molecule has 0 radical (unpaired) electrons. The van der Waals surface area contributed by atoms with Crippen LogP contribution >= 0.6 is 22.9 Å². The van der Waals surface area contributed by atoms with E-state index in [0.29, 0.717) is 47.1 Å².